The third kappa shape index (κ3) is 5.14. The van der Waals surface area contributed by atoms with E-state index in [2.05, 4.69) is 0 Å². The molecule has 33 heavy (non-hydrogen) atoms. The Morgan fingerprint density at radius 3 is 1.73 bits per heavy atom. The van der Waals surface area contributed by atoms with E-state index in [0.717, 1.165) is 0 Å². The number of aliphatic hydroxyl groups is 10. The van der Waals surface area contributed by atoms with Crippen molar-refractivity contribution < 1.29 is 79.5 Å². The number of carbonyl (C=O) groups excluding carboxylic acids is 1. The maximum absolute atomic E-state index is 12.7. The monoisotopic (exact) mass is 488 g/mol. The van der Waals surface area contributed by atoms with Crippen LogP contribution < -0.4 is 0 Å². The second-order valence-electron chi connectivity index (χ2n) is 7.87. The lowest BCUT2D eigenvalue weighted by Gasteiger charge is -2.42. The Morgan fingerprint density at radius 1 is 0.636 bits per heavy atom. The fraction of sp³-hybridized carbons (Fsp3) is 0.941. The van der Waals surface area contributed by atoms with Crippen LogP contribution in [0.3, 0.4) is 0 Å². The van der Waals surface area contributed by atoms with Crippen molar-refractivity contribution in [1.82, 2.24) is 0 Å². The van der Waals surface area contributed by atoms with Gasteiger partial charge in [0.05, 0.1) is 13.2 Å². The Morgan fingerprint density at radius 2 is 1.15 bits per heavy atom. The SMILES string of the molecule is O=C(O[C@@H]1O[C@H](CO)[C@@H](O)[C@H](O)[C@H]1O)[C@H]1O[C@@H](O)[C@H](O)[C@@H](O)[C@@H]1O[C@@H]1O[C@@H](CO)[C@H](O)[C@H]1O. The molecule has 14 atom stereocenters. The van der Waals surface area contributed by atoms with Gasteiger partial charge in [0.15, 0.2) is 18.7 Å². The van der Waals surface area contributed by atoms with Crippen molar-refractivity contribution in [2.24, 2.45) is 0 Å². The lowest BCUT2D eigenvalue weighted by molar-refractivity contribution is -0.326. The number of carbonyl (C=O) groups is 1. The summed E-state index contributed by atoms with van der Waals surface area (Å²) in [7, 11) is 0. The summed E-state index contributed by atoms with van der Waals surface area (Å²) >= 11 is 0. The molecule has 0 aromatic heterocycles. The molecule has 16 nitrogen and oxygen atoms in total. The number of ether oxygens (including phenoxy) is 5. The van der Waals surface area contributed by atoms with Gasteiger partial charge in [-0.1, -0.05) is 0 Å². The molecule has 0 unspecified atom stereocenters. The molecule has 3 aliphatic heterocycles. The molecule has 0 aromatic carbocycles. The van der Waals surface area contributed by atoms with Crippen molar-refractivity contribution in [2.75, 3.05) is 13.2 Å². The second-order valence-corrected chi connectivity index (χ2v) is 7.87. The van der Waals surface area contributed by atoms with Crippen LogP contribution >= 0.6 is 0 Å². The van der Waals surface area contributed by atoms with E-state index in [9.17, 15) is 50.8 Å². The summed E-state index contributed by atoms with van der Waals surface area (Å²) in [4.78, 5) is 12.7. The fourth-order valence-corrected chi connectivity index (χ4v) is 3.67. The Labute approximate surface area is 185 Å². The third-order valence-corrected chi connectivity index (χ3v) is 5.67. The van der Waals surface area contributed by atoms with Gasteiger partial charge in [-0.25, -0.2) is 4.79 Å². The zero-order valence-corrected chi connectivity index (χ0v) is 16.9. The van der Waals surface area contributed by atoms with Crippen LogP contribution in [-0.4, -0.2) is 156 Å². The van der Waals surface area contributed by atoms with Crippen molar-refractivity contribution in [3.05, 3.63) is 0 Å². The normalized spacial score (nSPS) is 50.8. The molecule has 3 rings (SSSR count). The van der Waals surface area contributed by atoms with Gasteiger partial charge in [-0.15, -0.1) is 0 Å². The van der Waals surface area contributed by atoms with Gasteiger partial charge in [-0.3, -0.25) is 0 Å². The highest BCUT2D eigenvalue weighted by Crippen LogP contribution is 2.30. The molecule has 0 amide bonds. The highest BCUT2D eigenvalue weighted by Gasteiger charge is 2.54. The smallest absolute Gasteiger partial charge is 0.340 e. The number of aliphatic hydroxyl groups excluding tert-OH is 10. The Kier molecular flexibility index (Phi) is 8.57. The molecule has 0 spiro atoms. The molecule has 0 aliphatic carbocycles. The largest absolute Gasteiger partial charge is 0.431 e. The predicted molar refractivity (Wildman–Crippen MR) is 95.4 cm³/mol. The molecule has 16 heteroatoms. The maximum atomic E-state index is 12.7. The lowest BCUT2D eigenvalue weighted by atomic mass is 9.98. The summed E-state index contributed by atoms with van der Waals surface area (Å²) in [5, 5.41) is 97.9. The third-order valence-electron chi connectivity index (χ3n) is 5.67. The molecule has 3 heterocycles. The molecule has 0 radical (unpaired) electrons. The molecular weight excluding hydrogens is 460 g/mol. The first-order chi connectivity index (χ1) is 15.5. The average Bonchev–Trinajstić information content (AvgIpc) is 3.07. The molecule has 0 saturated carbocycles. The maximum Gasteiger partial charge on any atom is 0.340 e. The summed E-state index contributed by atoms with van der Waals surface area (Å²) in [5.41, 5.74) is 0. The second kappa shape index (κ2) is 10.7. The minimum absolute atomic E-state index is 0.703. The van der Waals surface area contributed by atoms with Crippen molar-refractivity contribution in [3.63, 3.8) is 0 Å². The van der Waals surface area contributed by atoms with Gasteiger partial charge in [0.2, 0.25) is 6.29 Å². The predicted octanol–water partition coefficient (Wildman–Crippen LogP) is -7.41. The fourth-order valence-electron chi connectivity index (χ4n) is 3.67. The van der Waals surface area contributed by atoms with Crippen molar-refractivity contribution in [2.45, 2.75) is 86.0 Å². The summed E-state index contributed by atoms with van der Waals surface area (Å²) in [5.74, 6) is -1.44. The average molecular weight is 488 g/mol. The minimum Gasteiger partial charge on any atom is -0.431 e. The van der Waals surface area contributed by atoms with Gasteiger partial charge >= 0.3 is 5.97 Å². The molecule has 3 fully saturated rings. The standard InChI is InChI=1S/C17H28O16/c18-1-3-5(20)7(22)11(26)17(30-3)33-15(28)13-12(8(23)9(24)14(27)31-13)32-16-10(25)6(21)4(2-19)29-16/h3-14,16-27H,1-2H2/t3-,4+,5-,6+,7+,8-,9-,10-,11-,12+,13+,14-,16+,17+/m1/s1. The van der Waals surface area contributed by atoms with Gasteiger partial charge in [-0.05, 0) is 0 Å². The van der Waals surface area contributed by atoms with E-state index >= 15 is 0 Å². The summed E-state index contributed by atoms with van der Waals surface area (Å²) in [6.45, 7) is -1.51. The number of esters is 1. The van der Waals surface area contributed by atoms with Crippen LogP contribution in [-0.2, 0) is 28.5 Å². The van der Waals surface area contributed by atoms with E-state index in [1.807, 2.05) is 0 Å². The Balaban J connectivity index is 1.76. The summed E-state index contributed by atoms with van der Waals surface area (Å²) < 4.78 is 25.3. The van der Waals surface area contributed by atoms with Crippen molar-refractivity contribution in [3.8, 4) is 0 Å². The van der Waals surface area contributed by atoms with Crippen LogP contribution in [0.25, 0.3) is 0 Å². The first-order valence-corrected chi connectivity index (χ1v) is 10.00. The lowest BCUT2D eigenvalue weighted by Crippen LogP contribution is -2.63. The first kappa shape index (κ1) is 26.5. The molecule has 0 bridgehead atoms. The highest BCUT2D eigenvalue weighted by molar-refractivity contribution is 5.76. The van der Waals surface area contributed by atoms with E-state index in [4.69, 9.17) is 28.8 Å². The van der Waals surface area contributed by atoms with Crippen molar-refractivity contribution in [1.29, 1.82) is 0 Å². The van der Waals surface area contributed by atoms with E-state index in [1.54, 1.807) is 0 Å². The molecule has 3 saturated heterocycles. The quantitative estimate of drug-likeness (QED) is 0.156. The number of hydrogen-bond donors (Lipinski definition) is 10. The molecule has 192 valence electrons. The van der Waals surface area contributed by atoms with E-state index in [0.29, 0.717) is 0 Å². The topological polar surface area (TPSA) is 266 Å². The summed E-state index contributed by atoms with van der Waals surface area (Å²) in [6.07, 6.45) is -25.2. The van der Waals surface area contributed by atoms with Crippen LogP contribution in [0.5, 0.6) is 0 Å². The first-order valence-electron chi connectivity index (χ1n) is 10.00. The summed E-state index contributed by atoms with van der Waals surface area (Å²) in [6, 6.07) is 0. The highest BCUT2D eigenvalue weighted by atomic mass is 16.8. The molecule has 10 N–H and O–H groups in total. The molecule has 3 aliphatic rings. The van der Waals surface area contributed by atoms with Crippen LogP contribution in [0.15, 0.2) is 0 Å². The van der Waals surface area contributed by atoms with E-state index in [1.165, 1.54) is 0 Å². The Bertz CT molecular complexity index is 663. The minimum atomic E-state index is -2.10. The van der Waals surface area contributed by atoms with Gasteiger partial charge in [-0.2, -0.15) is 0 Å². The van der Waals surface area contributed by atoms with Gasteiger partial charge in [0, 0.05) is 0 Å². The van der Waals surface area contributed by atoms with Crippen molar-refractivity contribution >= 4 is 5.97 Å². The zero-order valence-electron chi connectivity index (χ0n) is 16.9. The van der Waals surface area contributed by atoms with Crippen LogP contribution in [0.2, 0.25) is 0 Å². The van der Waals surface area contributed by atoms with Gasteiger partial charge < -0.3 is 74.7 Å². The van der Waals surface area contributed by atoms with E-state index < -0.39 is 105 Å². The molecular formula is C17H28O16. The van der Waals surface area contributed by atoms with Gasteiger partial charge in [0.1, 0.15) is 61.0 Å². The van der Waals surface area contributed by atoms with E-state index in [-0.39, 0.29) is 0 Å². The number of hydrogen-bond acceptors (Lipinski definition) is 16. The zero-order chi connectivity index (χ0) is 24.6. The van der Waals surface area contributed by atoms with Crippen LogP contribution in [0.1, 0.15) is 0 Å². The van der Waals surface area contributed by atoms with Crippen LogP contribution in [0.4, 0.5) is 0 Å². The number of rotatable bonds is 6. The van der Waals surface area contributed by atoms with Crippen LogP contribution in [0, 0.1) is 0 Å². The Hall–Kier alpha value is -1.09. The molecule has 0 aromatic rings. The van der Waals surface area contributed by atoms with Gasteiger partial charge in [0.25, 0.3) is 0 Å².